The summed E-state index contributed by atoms with van der Waals surface area (Å²) in [5.41, 5.74) is 0.776. The fourth-order valence-electron chi connectivity index (χ4n) is 5.30. The molecule has 0 heterocycles. The van der Waals surface area contributed by atoms with Crippen molar-refractivity contribution in [1.82, 2.24) is 31.9 Å². The van der Waals surface area contributed by atoms with Gasteiger partial charge in [-0.2, -0.15) is 0 Å². The standard InChI is InChI=1S/C40H58N6O8S/c1-23(2)31(36(50)46-32(24(3)4)38(51)53-10)45-35(49)30(22-28-19-15-12-16-20-28)44-34(48)29(21-27-17-13-11-14-18-27)43-33(47)25(5)41-37(55)26(6)42-39(52)54-40(7,8)9/h11-20,23-26,29-32H,21-22H2,1-10H3,(H,41,55)(H,42,52)(H,43,47)(H,44,48)(H,45,49)(H,46,50)/t25-,26-,29-,30-,31-,32-/m0/s1. The molecule has 0 unspecified atom stereocenters. The number of benzene rings is 2. The number of carbonyl (C=O) groups is 6. The van der Waals surface area contributed by atoms with E-state index < -0.39 is 83.5 Å². The van der Waals surface area contributed by atoms with E-state index in [4.69, 9.17) is 21.7 Å². The van der Waals surface area contributed by atoms with Gasteiger partial charge in [-0.1, -0.05) is 101 Å². The molecule has 0 aromatic heterocycles. The highest BCUT2D eigenvalue weighted by Gasteiger charge is 2.34. The Labute approximate surface area is 330 Å². The van der Waals surface area contributed by atoms with Crippen molar-refractivity contribution in [3.63, 3.8) is 0 Å². The Bertz CT molecular complexity index is 1620. The molecule has 14 nitrogen and oxygen atoms in total. The molecule has 0 bridgehead atoms. The zero-order valence-corrected chi connectivity index (χ0v) is 34.3. The maximum Gasteiger partial charge on any atom is 0.408 e. The Kier molecular flexibility index (Phi) is 18.2. The topological polar surface area (TPSA) is 193 Å². The largest absolute Gasteiger partial charge is 0.467 e. The number of methoxy groups -OCH3 is 1. The van der Waals surface area contributed by atoms with Gasteiger partial charge < -0.3 is 41.4 Å². The van der Waals surface area contributed by atoms with Gasteiger partial charge >= 0.3 is 12.1 Å². The first-order valence-electron chi connectivity index (χ1n) is 18.4. The highest BCUT2D eigenvalue weighted by molar-refractivity contribution is 7.80. The first-order chi connectivity index (χ1) is 25.7. The van der Waals surface area contributed by atoms with E-state index in [1.807, 2.05) is 24.3 Å². The van der Waals surface area contributed by atoms with E-state index in [0.717, 1.165) is 11.1 Å². The highest BCUT2D eigenvalue weighted by Crippen LogP contribution is 2.12. The van der Waals surface area contributed by atoms with Crippen molar-refractivity contribution in [2.45, 2.75) is 117 Å². The van der Waals surface area contributed by atoms with Crippen LogP contribution in [0.1, 0.15) is 73.4 Å². The molecule has 0 fully saturated rings. The van der Waals surface area contributed by atoms with Crippen LogP contribution in [0.15, 0.2) is 60.7 Å². The van der Waals surface area contributed by atoms with Gasteiger partial charge in [-0.15, -0.1) is 0 Å². The molecule has 6 N–H and O–H groups in total. The molecule has 302 valence electrons. The van der Waals surface area contributed by atoms with Crippen LogP contribution in [0.3, 0.4) is 0 Å². The fraction of sp³-hybridized carbons (Fsp3) is 0.525. The van der Waals surface area contributed by atoms with Gasteiger partial charge in [-0.3, -0.25) is 19.2 Å². The van der Waals surface area contributed by atoms with Crippen LogP contribution in [0.25, 0.3) is 0 Å². The van der Waals surface area contributed by atoms with Crippen LogP contribution in [0.5, 0.6) is 0 Å². The molecular formula is C40H58N6O8S. The van der Waals surface area contributed by atoms with Crippen LogP contribution < -0.4 is 31.9 Å². The number of thiocarbonyl (C=S) groups is 1. The van der Waals surface area contributed by atoms with Crippen molar-refractivity contribution < 1.29 is 38.2 Å². The fourth-order valence-corrected chi connectivity index (χ4v) is 5.53. The van der Waals surface area contributed by atoms with Crippen LogP contribution in [0, 0.1) is 11.8 Å². The summed E-state index contributed by atoms with van der Waals surface area (Å²) in [6.45, 7) is 15.4. The Balaban J connectivity index is 2.33. The predicted molar refractivity (Wildman–Crippen MR) is 214 cm³/mol. The van der Waals surface area contributed by atoms with Crippen molar-refractivity contribution in [3.05, 3.63) is 71.8 Å². The molecule has 0 radical (unpaired) electrons. The molecule has 2 rings (SSSR count). The number of hydrogen-bond acceptors (Lipinski definition) is 9. The number of ether oxygens (including phenoxy) is 2. The zero-order valence-electron chi connectivity index (χ0n) is 33.5. The van der Waals surface area contributed by atoms with Gasteiger partial charge in [0.2, 0.25) is 23.6 Å². The predicted octanol–water partition coefficient (Wildman–Crippen LogP) is 3.11. The average Bonchev–Trinajstić information content (AvgIpc) is 3.11. The first-order valence-corrected chi connectivity index (χ1v) is 18.8. The quantitative estimate of drug-likeness (QED) is 0.0968. The lowest BCUT2D eigenvalue weighted by Gasteiger charge is -2.29. The molecule has 0 spiro atoms. The molecule has 6 atom stereocenters. The second-order valence-corrected chi connectivity index (χ2v) is 15.5. The molecule has 2 aromatic rings. The lowest BCUT2D eigenvalue weighted by molar-refractivity contribution is -0.147. The molecule has 15 heteroatoms. The molecular weight excluding hydrogens is 725 g/mol. The maximum atomic E-state index is 14.1. The minimum Gasteiger partial charge on any atom is -0.467 e. The maximum absolute atomic E-state index is 14.1. The third kappa shape index (κ3) is 16.1. The number of nitrogens with one attached hydrogen (secondary N) is 6. The third-order valence-electron chi connectivity index (χ3n) is 8.38. The Morgan fingerprint density at radius 2 is 1.02 bits per heavy atom. The molecule has 0 saturated carbocycles. The highest BCUT2D eigenvalue weighted by atomic mass is 32.1. The SMILES string of the molecule is COC(=O)[C@@H](NC(=O)[C@@H](NC(=O)[C@H](Cc1ccccc1)NC(=O)[C@H](Cc1ccccc1)NC(=O)[C@H](C)NC(=S)[C@H](C)NC(=O)OC(C)(C)C)C(C)C)C(C)C. The Hall–Kier alpha value is -5.05. The third-order valence-corrected chi connectivity index (χ3v) is 8.85. The van der Waals surface area contributed by atoms with Gasteiger partial charge in [0.25, 0.3) is 0 Å². The molecule has 0 saturated heterocycles. The van der Waals surface area contributed by atoms with E-state index >= 15 is 0 Å². The number of rotatable bonds is 18. The number of alkyl carbamates (subject to hydrolysis) is 1. The van der Waals surface area contributed by atoms with Crippen LogP contribution in [0.2, 0.25) is 0 Å². The molecule has 0 aliphatic heterocycles. The second-order valence-electron chi connectivity index (χ2n) is 15.1. The number of esters is 1. The van der Waals surface area contributed by atoms with Gasteiger partial charge in [-0.05, 0) is 57.6 Å². The van der Waals surface area contributed by atoms with Crippen molar-refractivity contribution in [1.29, 1.82) is 0 Å². The zero-order chi connectivity index (χ0) is 41.5. The van der Waals surface area contributed by atoms with Crippen molar-refractivity contribution >= 4 is 52.9 Å². The molecule has 0 aliphatic rings. The molecule has 2 aromatic carbocycles. The summed E-state index contributed by atoms with van der Waals surface area (Å²) in [4.78, 5) is 80.0. The number of hydrogen-bond donors (Lipinski definition) is 6. The summed E-state index contributed by atoms with van der Waals surface area (Å²) in [6, 6.07) is 12.2. The van der Waals surface area contributed by atoms with E-state index in [2.05, 4.69) is 31.9 Å². The van der Waals surface area contributed by atoms with Crippen LogP contribution in [-0.4, -0.2) is 89.6 Å². The van der Waals surface area contributed by atoms with E-state index in [0.29, 0.717) is 0 Å². The van der Waals surface area contributed by atoms with Crippen LogP contribution >= 0.6 is 12.2 Å². The lowest BCUT2D eigenvalue weighted by atomic mass is 9.98. The minimum absolute atomic E-state index is 0.0718. The summed E-state index contributed by atoms with van der Waals surface area (Å²) in [6.07, 6.45) is -0.508. The number of amides is 5. The molecule has 0 aliphatic carbocycles. The first kappa shape index (κ1) is 46.1. The normalized spacial score (nSPS) is 14.5. The van der Waals surface area contributed by atoms with Crippen molar-refractivity contribution in [2.75, 3.05) is 7.11 Å². The molecule has 55 heavy (non-hydrogen) atoms. The smallest absolute Gasteiger partial charge is 0.408 e. The average molecular weight is 783 g/mol. The van der Waals surface area contributed by atoms with E-state index in [-0.39, 0.29) is 23.7 Å². The van der Waals surface area contributed by atoms with Gasteiger partial charge in [0, 0.05) is 12.8 Å². The second kappa shape index (κ2) is 21.7. The minimum atomic E-state index is -1.16. The van der Waals surface area contributed by atoms with Crippen molar-refractivity contribution in [2.24, 2.45) is 11.8 Å². The van der Waals surface area contributed by atoms with Crippen molar-refractivity contribution in [3.8, 4) is 0 Å². The van der Waals surface area contributed by atoms with Gasteiger partial charge in [0.05, 0.1) is 18.1 Å². The van der Waals surface area contributed by atoms with E-state index in [9.17, 15) is 28.8 Å². The summed E-state index contributed by atoms with van der Waals surface area (Å²) in [5.74, 6) is -3.71. The Morgan fingerprint density at radius 1 is 0.582 bits per heavy atom. The van der Waals surface area contributed by atoms with E-state index in [1.54, 1.807) is 98.7 Å². The summed E-state index contributed by atoms with van der Waals surface area (Å²) in [7, 11) is 1.23. The van der Waals surface area contributed by atoms with Crippen LogP contribution in [-0.2, 0) is 46.3 Å². The summed E-state index contributed by atoms with van der Waals surface area (Å²) in [5, 5.41) is 16.6. The summed E-state index contributed by atoms with van der Waals surface area (Å²) >= 11 is 5.44. The summed E-state index contributed by atoms with van der Waals surface area (Å²) < 4.78 is 10.1. The van der Waals surface area contributed by atoms with Gasteiger partial charge in [0.15, 0.2) is 0 Å². The lowest BCUT2D eigenvalue weighted by Crippen LogP contribution is -2.60. The van der Waals surface area contributed by atoms with E-state index in [1.165, 1.54) is 7.11 Å². The van der Waals surface area contributed by atoms with Gasteiger partial charge in [-0.25, -0.2) is 9.59 Å². The van der Waals surface area contributed by atoms with Crippen LogP contribution in [0.4, 0.5) is 4.79 Å². The number of carbonyl (C=O) groups excluding carboxylic acids is 6. The Morgan fingerprint density at radius 3 is 1.45 bits per heavy atom. The van der Waals surface area contributed by atoms with Gasteiger partial charge in [0.1, 0.15) is 35.8 Å². The monoisotopic (exact) mass is 782 g/mol. The molecule has 5 amide bonds.